The maximum Gasteiger partial charge on any atom is 0.336 e. The first-order chi connectivity index (χ1) is 14.0. The minimum absolute atomic E-state index is 0.0851. The summed E-state index contributed by atoms with van der Waals surface area (Å²) in [4.78, 5) is 24.1. The molecule has 0 unspecified atom stereocenters. The lowest BCUT2D eigenvalue weighted by Gasteiger charge is -2.10. The zero-order valence-corrected chi connectivity index (χ0v) is 16.3. The molecule has 0 amide bonds. The van der Waals surface area contributed by atoms with Crippen LogP contribution in [0.25, 0.3) is 11.0 Å². The molecule has 0 aliphatic heterocycles. The number of hydrogen-bond donors (Lipinski definition) is 0. The fourth-order valence-electron chi connectivity index (χ4n) is 3.45. The van der Waals surface area contributed by atoms with Gasteiger partial charge in [-0.05, 0) is 43.7 Å². The normalized spacial score (nSPS) is 11.0. The van der Waals surface area contributed by atoms with Crippen LogP contribution in [0.3, 0.4) is 0 Å². The van der Waals surface area contributed by atoms with Crippen LogP contribution in [-0.4, -0.2) is 17.0 Å². The van der Waals surface area contributed by atoms with Crippen molar-refractivity contribution >= 4 is 16.8 Å². The van der Waals surface area contributed by atoms with Gasteiger partial charge < -0.3 is 13.7 Å². The van der Waals surface area contributed by atoms with E-state index < -0.39 is 5.63 Å². The number of carbonyl (C=O) groups is 1. The number of carbonyl (C=O) groups excluding carboxylic acids is 1. The molecule has 0 saturated carbocycles. The summed E-state index contributed by atoms with van der Waals surface area (Å²) in [6, 6.07) is 20.3. The van der Waals surface area contributed by atoms with E-state index in [1.165, 1.54) is 11.6 Å². The summed E-state index contributed by atoms with van der Waals surface area (Å²) in [6.45, 7) is 4.58. The third-order valence-electron chi connectivity index (χ3n) is 5.02. The van der Waals surface area contributed by atoms with Crippen molar-refractivity contribution in [3.05, 3.63) is 99.7 Å². The van der Waals surface area contributed by atoms with Crippen LogP contribution in [0.15, 0.2) is 75.9 Å². The summed E-state index contributed by atoms with van der Waals surface area (Å²) in [5.74, 6) is 0.394. The Bertz CT molecular complexity index is 1230. The zero-order valence-electron chi connectivity index (χ0n) is 16.3. The van der Waals surface area contributed by atoms with Crippen molar-refractivity contribution in [2.75, 3.05) is 6.61 Å². The van der Waals surface area contributed by atoms with Gasteiger partial charge in [-0.3, -0.25) is 4.79 Å². The molecule has 0 atom stereocenters. The van der Waals surface area contributed by atoms with Crippen molar-refractivity contribution in [1.82, 2.24) is 4.57 Å². The average Bonchev–Trinajstić information content (AvgIpc) is 3.01. The SMILES string of the molecule is Cc1cc(C(=O)COc2ccc3ccc(=O)oc3c2)c(C)n1Cc1ccccc1. The zero-order chi connectivity index (χ0) is 20.4. The van der Waals surface area contributed by atoms with Gasteiger partial charge in [0.25, 0.3) is 0 Å². The summed E-state index contributed by atoms with van der Waals surface area (Å²) in [5.41, 5.74) is 3.81. The van der Waals surface area contributed by atoms with Gasteiger partial charge in [-0.1, -0.05) is 30.3 Å². The van der Waals surface area contributed by atoms with Gasteiger partial charge in [0.1, 0.15) is 11.3 Å². The van der Waals surface area contributed by atoms with Crippen molar-refractivity contribution in [3.63, 3.8) is 0 Å². The Morgan fingerprint density at radius 1 is 1.00 bits per heavy atom. The highest BCUT2D eigenvalue weighted by Gasteiger charge is 2.16. The lowest BCUT2D eigenvalue weighted by molar-refractivity contribution is 0.0921. The first-order valence-corrected chi connectivity index (χ1v) is 9.42. The van der Waals surface area contributed by atoms with Gasteiger partial charge in [0.2, 0.25) is 5.78 Å². The molecule has 2 aromatic heterocycles. The van der Waals surface area contributed by atoms with Gasteiger partial charge in [0, 0.05) is 41.0 Å². The van der Waals surface area contributed by atoms with E-state index in [1.54, 1.807) is 24.3 Å². The van der Waals surface area contributed by atoms with Crippen LogP contribution in [0.4, 0.5) is 0 Å². The number of hydrogen-bond acceptors (Lipinski definition) is 4. The number of nitrogens with zero attached hydrogens (tertiary/aromatic N) is 1. The third-order valence-corrected chi connectivity index (χ3v) is 5.02. The Morgan fingerprint density at radius 2 is 1.76 bits per heavy atom. The molecule has 0 aliphatic carbocycles. The molecule has 2 aromatic carbocycles. The molecule has 4 rings (SSSR count). The Labute approximate surface area is 168 Å². The van der Waals surface area contributed by atoms with Crippen molar-refractivity contribution < 1.29 is 13.9 Å². The highest BCUT2D eigenvalue weighted by Crippen LogP contribution is 2.21. The quantitative estimate of drug-likeness (QED) is 0.360. The van der Waals surface area contributed by atoms with Crippen molar-refractivity contribution in [1.29, 1.82) is 0 Å². The lowest BCUT2D eigenvalue weighted by Crippen LogP contribution is -2.13. The van der Waals surface area contributed by atoms with Crippen LogP contribution in [0, 0.1) is 13.8 Å². The van der Waals surface area contributed by atoms with E-state index in [0.717, 1.165) is 23.3 Å². The molecule has 0 spiro atoms. The maximum absolute atomic E-state index is 12.8. The molecule has 0 radical (unpaired) electrons. The number of benzene rings is 2. The van der Waals surface area contributed by atoms with E-state index in [4.69, 9.17) is 9.15 Å². The molecule has 29 heavy (non-hydrogen) atoms. The Hall–Kier alpha value is -3.60. The van der Waals surface area contributed by atoms with Crippen LogP contribution in [0.2, 0.25) is 0 Å². The fourth-order valence-corrected chi connectivity index (χ4v) is 3.45. The van der Waals surface area contributed by atoms with Crippen molar-refractivity contribution in [2.24, 2.45) is 0 Å². The molecule has 4 aromatic rings. The number of rotatable bonds is 6. The Balaban J connectivity index is 1.50. The molecule has 0 saturated heterocycles. The average molecular weight is 387 g/mol. The lowest BCUT2D eigenvalue weighted by atomic mass is 10.1. The predicted octanol–water partition coefficient (Wildman–Crippen LogP) is 4.52. The minimum atomic E-state index is -0.420. The largest absolute Gasteiger partial charge is 0.485 e. The van der Waals surface area contributed by atoms with E-state index in [-0.39, 0.29) is 12.4 Å². The van der Waals surface area contributed by atoms with E-state index in [9.17, 15) is 9.59 Å². The number of aromatic nitrogens is 1. The number of Topliss-reactive ketones (excluding diaryl/α,β-unsaturated/α-hetero) is 1. The molecule has 0 fully saturated rings. The molecular formula is C24H21NO4. The number of ketones is 1. The van der Waals surface area contributed by atoms with Gasteiger partial charge >= 0.3 is 5.63 Å². The van der Waals surface area contributed by atoms with Crippen molar-refractivity contribution in [2.45, 2.75) is 20.4 Å². The number of ether oxygens (including phenoxy) is 1. The molecule has 2 heterocycles. The molecule has 146 valence electrons. The fraction of sp³-hybridized carbons (Fsp3) is 0.167. The second-order valence-electron chi connectivity index (χ2n) is 7.02. The topological polar surface area (TPSA) is 61.4 Å². The first-order valence-electron chi connectivity index (χ1n) is 9.42. The highest BCUT2D eigenvalue weighted by molar-refractivity contribution is 5.98. The van der Waals surface area contributed by atoms with Gasteiger partial charge in [0.05, 0.1) is 0 Å². The van der Waals surface area contributed by atoms with Crippen LogP contribution >= 0.6 is 0 Å². The van der Waals surface area contributed by atoms with Gasteiger partial charge in [-0.2, -0.15) is 0 Å². The van der Waals surface area contributed by atoms with E-state index >= 15 is 0 Å². The summed E-state index contributed by atoms with van der Waals surface area (Å²) < 4.78 is 13.0. The summed E-state index contributed by atoms with van der Waals surface area (Å²) in [6.07, 6.45) is 0. The molecule has 5 nitrogen and oxygen atoms in total. The van der Waals surface area contributed by atoms with Crippen LogP contribution in [0.1, 0.15) is 27.3 Å². The Morgan fingerprint density at radius 3 is 2.55 bits per heavy atom. The first kappa shape index (κ1) is 18.7. The number of aryl methyl sites for hydroxylation is 1. The van der Waals surface area contributed by atoms with Gasteiger partial charge in [0.15, 0.2) is 6.61 Å². The molecule has 0 N–H and O–H groups in total. The van der Waals surface area contributed by atoms with E-state index in [0.29, 0.717) is 16.9 Å². The standard InChI is InChI=1S/C24H21NO4/c1-16-12-21(17(2)25(16)14-18-6-4-3-5-7-18)22(26)15-28-20-10-8-19-9-11-24(27)29-23(19)13-20/h3-13H,14-15H2,1-2H3. The monoisotopic (exact) mass is 387 g/mol. The summed E-state index contributed by atoms with van der Waals surface area (Å²) in [7, 11) is 0. The summed E-state index contributed by atoms with van der Waals surface area (Å²) >= 11 is 0. The molecule has 5 heteroatoms. The molecule has 0 bridgehead atoms. The predicted molar refractivity (Wildman–Crippen MR) is 112 cm³/mol. The van der Waals surface area contributed by atoms with Crippen LogP contribution < -0.4 is 10.4 Å². The van der Waals surface area contributed by atoms with Crippen LogP contribution in [-0.2, 0) is 6.54 Å². The third kappa shape index (κ3) is 3.99. The van der Waals surface area contributed by atoms with Crippen molar-refractivity contribution in [3.8, 4) is 5.75 Å². The van der Waals surface area contributed by atoms with Gasteiger partial charge in [-0.25, -0.2) is 4.79 Å². The summed E-state index contributed by atoms with van der Waals surface area (Å²) in [5, 5.41) is 0.799. The minimum Gasteiger partial charge on any atom is -0.485 e. The Kier molecular flexibility index (Phi) is 5.04. The second kappa shape index (κ2) is 7.80. The van der Waals surface area contributed by atoms with Crippen LogP contribution in [0.5, 0.6) is 5.75 Å². The molecular weight excluding hydrogens is 366 g/mol. The number of fused-ring (bicyclic) bond motifs is 1. The smallest absolute Gasteiger partial charge is 0.336 e. The van der Waals surface area contributed by atoms with Gasteiger partial charge in [-0.15, -0.1) is 0 Å². The maximum atomic E-state index is 12.8. The van der Waals surface area contributed by atoms with E-state index in [2.05, 4.69) is 16.7 Å². The second-order valence-corrected chi connectivity index (χ2v) is 7.02. The molecule has 0 aliphatic rings. The highest BCUT2D eigenvalue weighted by atomic mass is 16.5. The van der Waals surface area contributed by atoms with E-state index in [1.807, 2.05) is 38.1 Å².